The molecule has 1 aliphatic heterocycles. The van der Waals surface area contributed by atoms with Crippen molar-refractivity contribution in [3.8, 4) is 0 Å². The van der Waals surface area contributed by atoms with Crippen LogP contribution in [-0.2, 0) is 0 Å². The Morgan fingerprint density at radius 2 is 2.17 bits per heavy atom. The van der Waals surface area contributed by atoms with Crippen molar-refractivity contribution in [2.24, 2.45) is 0 Å². The van der Waals surface area contributed by atoms with Crippen molar-refractivity contribution in [2.75, 3.05) is 26.2 Å². The third-order valence-corrected chi connectivity index (χ3v) is 3.42. The van der Waals surface area contributed by atoms with Crippen LogP contribution in [0.3, 0.4) is 0 Å². The third kappa shape index (κ3) is 2.11. The van der Waals surface area contributed by atoms with E-state index < -0.39 is 0 Å². The van der Waals surface area contributed by atoms with E-state index in [1.54, 1.807) is 6.07 Å². The van der Waals surface area contributed by atoms with Crippen LogP contribution in [0.25, 0.3) is 11.1 Å². The molecular formula is C13H16FN3O. The fourth-order valence-electron chi connectivity index (χ4n) is 2.32. The highest BCUT2D eigenvalue weighted by molar-refractivity contribution is 5.72. The number of benzene rings is 1. The van der Waals surface area contributed by atoms with E-state index in [0.29, 0.717) is 17.0 Å². The number of hydrogen-bond acceptors (Lipinski definition) is 4. The molecule has 18 heavy (non-hydrogen) atoms. The van der Waals surface area contributed by atoms with Crippen molar-refractivity contribution in [3.05, 3.63) is 29.9 Å². The van der Waals surface area contributed by atoms with E-state index in [0.717, 1.165) is 26.2 Å². The zero-order valence-electron chi connectivity index (χ0n) is 10.3. The lowest BCUT2D eigenvalue weighted by molar-refractivity contribution is 0.164. The molecule has 0 spiro atoms. The van der Waals surface area contributed by atoms with Gasteiger partial charge in [-0.05, 0) is 19.1 Å². The van der Waals surface area contributed by atoms with Crippen molar-refractivity contribution < 1.29 is 8.81 Å². The highest BCUT2D eigenvalue weighted by Gasteiger charge is 2.22. The van der Waals surface area contributed by atoms with Gasteiger partial charge in [-0.2, -0.15) is 0 Å². The molecule has 1 unspecified atom stereocenters. The lowest BCUT2D eigenvalue weighted by Gasteiger charge is -2.30. The molecule has 1 aromatic heterocycles. The highest BCUT2D eigenvalue weighted by atomic mass is 19.1. The van der Waals surface area contributed by atoms with Crippen LogP contribution in [0.4, 0.5) is 4.39 Å². The van der Waals surface area contributed by atoms with Gasteiger partial charge < -0.3 is 9.73 Å². The zero-order valence-corrected chi connectivity index (χ0v) is 10.3. The molecule has 3 rings (SSSR count). The molecule has 0 radical (unpaired) electrons. The molecule has 2 aromatic rings. The Hall–Kier alpha value is -1.46. The Labute approximate surface area is 105 Å². The zero-order chi connectivity index (χ0) is 12.5. The first kappa shape index (κ1) is 11.6. The lowest BCUT2D eigenvalue weighted by Crippen LogP contribution is -2.44. The molecule has 96 valence electrons. The Morgan fingerprint density at radius 1 is 1.39 bits per heavy atom. The van der Waals surface area contributed by atoms with Gasteiger partial charge in [0.05, 0.1) is 6.04 Å². The summed E-state index contributed by atoms with van der Waals surface area (Å²) in [6, 6.07) is 4.57. The second-order valence-corrected chi connectivity index (χ2v) is 4.63. The number of fused-ring (bicyclic) bond motifs is 1. The van der Waals surface area contributed by atoms with E-state index in [1.807, 2.05) is 0 Å². The molecule has 0 bridgehead atoms. The van der Waals surface area contributed by atoms with Crippen LogP contribution in [0.5, 0.6) is 0 Å². The molecule has 0 saturated carbocycles. The second-order valence-electron chi connectivity index (χ2n) is 4.63. The predicted molar refractivity (Wildman–Crippen MR) is 66.8 cm³/mol. The summed E-state index contributed by atoms with van der Waals surface area (Å²) < 4.78 is 18.7. The summed E-state index contributed by atoms with van der Waals surface area (Å²) in [5, 5.41) is 3.31. The van der Waals surface area contributed by atoms with Gasteiger partial charge in [-0.1, -0.05) is 0 Å². The van der Waals surface area contributed by atoms with E-state index in [2.05, 4.69) is 22.1 Å². The summed E-state index contributed by atoms with van der Waals surface area (Å²) in [7, 11) is 0. The molecule has 1 fully saturated rings. The molecule has 1 aliphatic rings. The van der Waals surface area contributed by atoms with Crippen molar-refractivity contribution >= 4 is 11.1 Å². The summed E-state index contributed by atoms with van der Waals surface area (Å²) in [5.41, 5.74) is 1.24. The number of rotatable bonds is 2. The van der Waals surface area contributed by atoms with Gasteiger partial charge >= 0.3 is 0 Å². The van der Waals surface area contributed by atoms with Gasteiger partial charge in [-0.25, -0.2) is 9.37 Å². The smallest absolute Gasteiger partial charge is 0.212 e. The molecular weight excluding hydrogens is 233 g/mol. The van der Waals surface area contributed by atoms with Crippen molar-refractivity contribution in [2.45, 2.75) is 13.0 Å². The fraction of sp³-hybridized carbons (Fsp3) is 0.462. The maximum atomic E-state index is 13.1. The van der Waals surface area contributed by atoms with Gasteiger partial charge in [0.15, 0.2) is 5.58 Å². The van der Waals surface area contributed by atoms with Crippen molar-refractivity contribution in [1.29, 1.82) is 0 Å². The summed E-state index contributed by atoms with van der Waals surface area (Å²) in [6.07, 6.45) is 0. The van der Waals surface area contributed by atoms with Gasteiger partial charge in [-0.3, -0.25) is 4.90 Å². The van der Waals surface area contributed by atoms with Gasteiger partial charge in [0.2, 0.25) is 5.89 Å². The number of halogens is 1. The standard InChI is InChI=1S/C13H16FN3O/c1-9(17-6-4-15-5-7-17)13-16-11-3-2-10(14)8-12(11)18-13/h2-3,8-9,15H,4-7H2,1H3. The number of piperazine rings is 1. The van der Waals surface area contributed by atoms with E-state index in [-0.39, 0.29) is 11.9 Å². The van der Waals surface area contributed by atoms with Crippen LogP contribution < -0.4 is 5.32 Å². The van der Waals surface area contributed by atoms with E-state index in [9.17, 15) is 4.39 Å². The fourth-order valence-corrected chi connectivity index (χ4v) is 2.32. The molecule has 4 nitrogen and oxygen atoms in total. The van der Waals surface area contributed by atoms with Crippen LogP contribution in [0.15, 0.2) is 22.6 Å². The summed E-state index contributed by atoms with van der Waals surface area (Å²) in [6.45, 7) is 6.01. The summed E-state index contributed by atoms with van der Waals surface area (Å²) >= 11 is 0. The Bertz CT molecular complexity index is 548. The Morgan fingerprint density at radius 3 is 2.94 bits per heavy atom. The molecule has 1 atom stereocenters. The molecule has 2 heterocycles. The Kier molecular flexibility index (Phi) is 3.01. The average Bonchev–Trinajstić information content (AvgIpc) is 2.81. The number of nitrogens with one attached hydrogen (secondary N) is 1. The molecule has 0 aliphatic carbocycles. The van der Waals surface area contributed by atoms with Crippen LogP contribution in [0.1, 0.15) is 18.9 Å². The van der Waals surface area contributed by atoms with Gasteiger partial charge in [0.1, 0.15) is 11.3 Å². The quantitative estimate of drug-likeness (QED) is 0.883. The monoisotopic (exact) mass is 249 g/mol. The largest absolute Gasteiger partial charge is 0.439 e. The van der Waals surface area contributed by atoms with Crippen molar-refractivity contribution in [3.63, 3.8) is 0 Å². The molecule has 5 heteroatoms. The third-order valence-electron chi connectivity index (χ3n) is 3.42. The molecule has 1 aromatic carbocycles. The first-order chi connectivity index (χ1) is 8.74. The second kappa shape index (κ2) is 4.66. The predicted octanol–water partition coefficient (Wildman–Crippen LogP) is 1.93. The topological polar surface area (TPSA) is 41.3 Å². The SMILES string of the molecule is CC(c1nc2ccc(F)cc2o1)N1CCNCC1. The maximum absolute atomic E-state index is 13.1. The number of hydrogen-bond donors (Lipinski definition) is 1. The number of nitrogens with zero attached hydrogens (tertiary/aromatic N) is 2. The number of aromatic nitrogens is 1. The molecule has 1 N–H and O–H groups in total. The number of oxazole rings is 1. The van der Waals surface area contributed by atoms with Crippen LogP contribution in [-0.4, -0.2) is 36.1 Å². The van der Waals surface area contributed by atoms with Crippen LogP contribution in [0, 0.1) is 5.82 Å². The Balaban J connectivity index is 1.88. The van der Waals surface area contributed by atoms with Crippen molar-refractivity contribution in [1.82, 2.24) is 15.2 Å². The minimum absolute atomic E-state index is 0.127. The normalized spacial score (nSPS) is 19.2. The van der Waals surface area contributed by atoms with Gasteiger partial charge in [0.25, 0.3) is 0 Å². The van der Waals surface area contributed by atoms with Crippen LogP contribution in [0.2, 0.25) is 0 Å². The van der Waals surface area contributed by atoms with E-state index in [1.165, 1.54) is 12.1 Å². The molecule has 1 saturated heterocycles. The van der Waals surface area contributed by atoms with Gasteiger partial charge in [-0.15, -0.1) is 0 Å². The lowest BCUT2D eigenvalue weighted by atomic mass is 10.2. The van der Waals surface area contributed by atoms with E-state index in [4.69, 9.17) is 4.42 Å². The summed E-state index contributed by atoms with van der Waals surface area (Å²) in [5.74, 6) is 0.373. The van der Waals surface area contributed by atoms with E-state index >= 15 is 0 Å². The first-order valence-corrected chi connectivity index (χ1v) is 6.25. The van der Waals surface area contributed by atoms with Crippen LogP contribution >= 0.6 is 0 Å². The minimum Gasteiger partial charge on any atom is -0.439 e. The average molecular weight is 249 g/mol. The molecule has 0 amide bonds. The minimum atomic E-state index is -0.292. The first-order valence-electron chi connectivity index (χ1n) is 6.25. The van der Waals surface area contributed by atoms with Gasteiger partial charge in [0, 0.05) is 32.2 Å². The highest BCUT2D eigenvalue weighted by Crippen LogP contribution is 2.24. The summed E-state index contributed by atoms with van der Waals surface area (Å²) in [4.78, 5) is 6.75. The maximum Gasteiger partial charge on any atom is 0.212 e.